The summed E-state index contributed by atoms with van der Waals surface area (Å²) in [4.78, 5) is 14.5. The van der Waals surface area contributed by atoms with Gasteiger partial charge in [-0.2, -0.15) is 16.9 Å². The van der Waals surface area contributed by atoms with Gasteiger partial charge in [0.2, 0.25) is 5.91 Å². The van der Waals surface area contributed by atoms with Gasteiger partial charge in [0.1, 0.15) is 5.60 Å². The highest BCUT2D eigenvalue weighted by Crippen LogP contribution is 2.29. The number of carbonyl (C=O) groups is 1. The maximum Gasteiger partial charge on any atom is 0.224 e. The van der Waals surface area contributed by atoms with Crippen LogP contribution in [-0.4, -0.2) is 64.4 Å². The van der Waals surface area contributed by atoms with Gasteiger partial charge in [0.15, 0.2) is 0 Å². The lowest BCUT2D eigenvalue weighted by Crippen LogP contribution is -2.52. The molecule has 138 valence electrons. The van der Waals surface area contributed by atoms with Gasteiger partial charge in [0, 0.05) is 55.9 Å². The van der Waals surface area contributed by atoms with E-state index >= 15 is 0 Å². The van der Waals surface area contributed by atoms with Crippen LogP contribution in [0.25, 0.3) is 0 Å². The Bertz CT molecular complexity index is 539. The van der Waals surface area contributed by atoms with E-state index in [1.54, 1.807) is 4.68 Å². The second-order valence-corrected chi connectivity index (χ2v) is 7.38. The molecule has 0 radical (unpaired) electrons. The number of ether oxygens (including phenoxy) is 1. The van der Waals surface area contributed by atoms with Crippen LogP contribution in [0.1, 0.15) is 18.9 Å². The number of hydrogen-bond acceptors (Lipinski definition) is 5. The van der Waals surface area contributed by atoms with Crippen molar-refractivity contribution in [3.05, 3.63) is 18.0 Å². The Morgan fingerprint density at radius 3 is 2.96 bits per heavy atom. The van der Waals surface area contributed by atoms with E-state index in [2.05, 4.69) is 10.4 Å². The zero-order valence-electron chi connectivity index (χ0n) is 14.1. The average Bonchev–Trinajstić information content (AvgIpc) is 2.96. The minimum Gasteiger partial charge on any atom is -0.367 e. The van der Waals surface area contributed by atoms with Gasteiger partial charge in [0.05, 0.1) is 19.3 Å². The fraction of sp³-hybridized carbons (Fsp3) is 0.733. The number of aryl methyl sites for hydroxylation is 1. The number of morpholine rings is 1. The molecule has 1 N–H and O–H groups in total. The number of hydrogen-bond donors (Lipinski definition) is 1. The summed E-state index contributed by atoms with van der Waals surface area (Å²) in [5.74, 6) is 2.38. The predicted octanol–water partition coefficient (Wildman–Crippen LogP) is 1.43. The summed E-state index contributed by atoms with van der Waals surface area (Å²) in [6, 6.07) is 0.304. The van der Waals surface area contributed by atoms with Crippen molar-refractivity contribution in [2.24, 2.45) is 7.05 Å². The highest BCUT2D eigenvalue weighted by atomic mass is 35.5. The normalized spacial score (nSPS) is 27.1. The van der Waals surface area contributed by atoms with Gasteiger partial charge in [-0.25, -0.2) is 0 Å². The number of nitrogens with one attached hydrogen (secondary N) is 1. The van der Waals surface area contributed by atoms with Crippen LogP contribution in [0, 0.1) is 0 Å². The minimum atomic E-state index is -0.461. The summed E-state index contributed by atoms with van der Waals surface area (Å²) in [6.07, 6.45) is 4.37. The lowest BCUT2D eigenvalue weighted by atomic mass is 9.96. The van der Waals surface area contributed by atoms with Crippen LogP contribution in [0.5, 0.6) is 0 Å². The van der Waals surface area contributed by atoms with Crippen molar-refractivity contribution in [1.29, 1.82) is 0 Å². The Morgan fingerprint density at radius 2 is 2.33 bits per heavy atom. The van der Waals surface area contributed by atoms with Gasteiger partial charge in [-0.15, -0.1) is 24.8 Å². The van der Waals surface area contributed by atoms with Crippen molar-refractivity contribution in [3.8, 4) is 0 Å². The van der Waals surface area contributed by atoms with E-state index in [-0.39, 0.29) is 30.7 Å². The second kappa shape index (κ2) is 9.29. The SMILES string of the molecule is Cl.Cl.Cn1cc(C2(C)CN(C(=O)CC3CSCCN3)CCO2)cn1. The minimum absolute atomic E-state index is 0. The van der Waals surface area contributed by atoms with Crippen LogP contribution < -0.4 is 5.32 Å². The molecular weight excluding hydrogens is 371 g/mol. The first-order valence-electron chi connectivity index (χ1n) is 7.79. The molecule has 24 heavy (non-hydrogen) atoms. The summed E-state index contributed by atoms with van der Waals surface area (Å²) >= 11 is 1.92. The molecule has 6 nitrogen and oxygen atoms in total. The number of rotatable bonds is 3. The maximum atomic E-state index is 12.6. The Morgan fingerprint density at radius 1 is 1.54 bits per heavy atom. The molecule has 3 rings (SSSR count). The first-order chi connectivity index (χ1) is 10.6. The maximum absolute atomic E-state index is 12.6. The molecular formula is C15H26Cl2N4O2S. The smallest absolute Gasteiger partial charge is 0.224 e. The molecule has 0 bridgehead atoms. The summed E-state index contributed by atoms with van der Waals surface area (Å²) in [5.41, 5.74) is 0.565. The fourth-order valence-electron chi connectivity index (χ4n) is 3.04. The summed E-state index contributed by atoms with van der Waals surface area (Å²) in [6.45, 7) is 4.88. The van der Waals surface area contributed by atoms with Crippen LogP contribution in [0.3, 0.4) is 0 Å². The molecule has 0 aliphatic carbocycles. The first kappa shape index (κ1) is 21.6. The summed E-state index contributed by atoms with van der Waals surface area (Å²) in [7, 11) is 1.89. The highest BCUT2D eigenvalue weighted by molar-refractivity contribution is 7.99. The standard InChI is InChI=1S/C15H24N4O2S.2ClH/c1-15(12-8-17-18(2)9-12)11-19(4-5-21-15)14(20)7-13-10-22-6-3-16-13;;/h8-9,13,16H,3-7,10-11H2,1-2H3;2*1H. The molecule has 0 spiro atoms. The quantitative estimate of drug-likeness (QED) is 0.837. The number of halogens is 2. The second-order valence-electron chi connectivity index (χ2n) is 6.23. The molecule has 3 heterocycles. The van der Waals surface area contributed by atoms with Gasteiger partial charge in [-0.05, 0) is 6.92 Å². The predicted molar refractivity (Wildman–Crippen MR) is 101 cm³/mol. The number of amides is 1. The fourth-order valence-corrected chi connectivity index (χ4v) is 3.99. The molecule has 1 amide bonds. The molecule has 2 atom stereocenters. The van der Waals surface area contributed by atoms with Gasteiger partial charge in [-0.3, -0.25) is 9.48 Å². The van der Waals surface area contributed by atoms with E-state index < -0.39 is 5.60 Å². The zero-order valence-corrected chi connectivity index (χ0v) is 16.5. The average molecular weight is 397 g/mol. The molecule has 2 saturated heterocycles. The van der Waals surface area contributed by atoms with Crippen LogP contribution in [0.2, 0.25) is 0 Å². The molecule has 1 aromatic rings. The molecule has 2 aliphatic rings. The topological polar surface area (TPSA) is 59.4 Å². The molecule has 0 aromatic carbocycles. The number of thioether (sulfide) groups is 1. The van der Waals surface area contributed by atoms with E-state index in [1.165, 1.54) is 0 Å². The first-order valence-corrected chi connectivity index (χ1v) is 8.94. The summed E-state index contributed by atoms with van der Waals surface area (Å²) < 4.78 is 7.74. The summed E-state index contributed by atoms with van der Waals surface area (Å²) in [5, 5.41) is 7.65. The van der Waals surface area contributed by atoms with Crippen LogP contribution in [-0.2, 0) is 22.2 Å². The molecule has 9 heteroatoms. The number of nitrogens with zero attached hydrogens (tertiary/aromatic N) is 3. The Balaban J connectivity index is 0.00000144. The van der Waals surface area contributed by atoms with E-state index in [4.69, 9.17) is 4.74 Å². The van der Waals surface area contributed by atoms with Crippen molar-refractivity contribution in [1.82, 2.24) is 20.0 Å². The third kappa shape index (κ3) is 5.02. The van der Waals surface area contributed by atoms with E-state index in [0.29, 0.717) is 32.2 Å². The molecule has 2 fully saturated rings. The Labute approximate surface area is 159 Å². The van der Waals surface area contributed by atoms with Crippen molar-refractivity contribution >= 4 is 42.5 Å². The van der Waals surface area contributed by atoms with Crippen LogP contribution >= 0.6 is 36.6 Å². The Kier molecular flexibility index (Phi) is 8.35. The third-order valence-electron chi connectivity index (χ3n) is 4.36. The van der Waals surface area contributed by atoms with Crippen molar-refractivity contribution in [2.75, 3.05) is 37.7 Å². The lowest BCUT2D eigenvalue weighted by Gasteiger charge is -2.40. The molecule has 0 saturated carbocycles. The van der Waals surface area contributed by atoms with Gasteiger partial charge >= 0.3 is 0 Å². The van der Waals surface area contributed by atoms with Crippen molar-refractivity contribution in [3.63, 3.8) is 0 Å². The van der Waals surface area contributed by atoms with Crippen LogP contribution in [0.4, 0.5) is 0 Å². The third-order valence-corrected chi connectivity index (χ3v) is 5.49. The van der Waals surface area contributed by atoms with Crippen molar-refractivity contribution in [2.45, 2.75) is 25.0 Å². The number of carbonyl (C=O) groups excluding carboxylic acids is 1. The van der Waals surface area contributed by atoms with Gasteiger partial charge < -0.3 is 15.0 Å². The molecule has 2 aliphatic heterocycles. The monoisotopic (exact) mass is 396 g/mol. The largest absolute Gasteiger partial charge is 0.367 e. The zero-order chi connectivity index (χ0) is 15.6. The van der Waals surface area contributed by atoms with Crippen LogP contribution in [0.15, 0.2) is 12.4 Å². The number of aromatic nitrogens is 2. The van der Waals surface area contributed by atoms with E-state index in [0.717, 1.165) is 23.6 Å². The molecule has 2 unspecified atom stereocenters. The lowest BCUT2D eigenvalue weighted by molar-refractivity contribution is -0.150. The van der Waals surface area contributed by atoms with Gasteiger partial charge in [-0.1, -0.05) is 0 Å². The highest BCUT2D eigenvalue weighted by Gasteiger charge is 2.37. The van der Waals surface area contributed by atoms with Gasteiger partial charge in [0.25, 0.3) is 0 Å². The van der Waals surface area contributed by atoms with E-state index in [1.807, 2.05) is 43.0 Å². The molecule has 1 aromatic heterocycles. The Hall–Kier alpha value is -0.470. The van der Waals surface area contributed by atoms with Crippen molar-refractivity contribution < 1.29 is 9.53 Å². The van der Waals surface area contributed by atoms with E-state index in [9.17, 15) is 4.79 Å².